The van der Waals surface area contributed by atoms with Gasteiger partial charge < -0.3 is 9.84 Å². The molecule has 10 heteroatoms. The van der Waals surface area contributed by atoms with Crippen LogP contribution in [-0.2, 0) is 21.2 Å². The maximum atomic E-state index is 11.5. The first-order valence-electron chi connectivity index (χ1n) is 6.56. The minimum absolute atomic E-state index is 0.303. The van der Waals surface area contributed by atoms with E-state index in [-0.39, 0.29) is 0 Å². The van der Waals surface area contributed by atoms with E-state index in [9.17, 15) is 4.79 Å². The van der Waals surface area contributed by atoms with Gasteiger partial charge in [-0.1, -0.05) is 47.4 Å². The highest BCUT2D eigenvalue weighted by Crippen LogP contribution is 2.51. The van der Waals surface area contributed by atoms with E-state index in [4.69, 9.17) is 21.2 Å². The summed E-state index contributed by atoms with van der Waals surface area (Å²) in [6.45, 7) is 1.76. The first-order valence-corrected chi connectivity index (χ1v) is 11.4. The summed E-state index contributed by atoms with van der Waals surface area (Å²) < 4.78 is 7.47. The smallest absolute Gasteiger partial charge is 0.337 e. The molecule has 0 heterocycles. The Bertz CT molecular complexity index is 586. The molecule has 6 nitrogen and oxygen atoms in total. The van der Waals surface area contributed by atoms with Crippen molar-refractivity contribution in [2.24, 2.45) is 5.16 Å². The fourth-order valence-corrected chi connectivity index (χ4v) is 5.28. The SMILES string of the molecule is COP(=S)(c1ccccc1)N(C)SCNC(=O)O/N=C(\C)SC. The van der Waals surface area contributed by atoms with Gasteiger partial charge in [-0.15, -0.1) is 11.8 Å². The summed E-state index contributed by atoms with van der Waals surface area (Å²) in [5.41, 5.74) is 0. The second kappa shape index (κ2) is 10.3. The molecule has 0 aliphatic carbocycles. The van der Waals surface area contributed by atoms with Crippen LogP contribution in [-0.4, -0.2) is 41.5 Å². The summed E-state index contributed by atoms with van der Waals surface area (Å²) in [6, 6.07) is 9.68. The van der Waals surface area contributed by atoms with Crippen LogP contribution in [0.4, 0.5) is 4.79 Å². The lowest BCUT2D eigenvalue weighted by atomic mass is 10.4. The van der Waals surface area contributed by atoms with Crippen LogP contribution in [0, 0.1) is 0 Å². The monoisotopic (exact) mass is 393 g/mol. The van der Waals surface area contributed by atoms with Gasteiger partial charge in [0.15, 0.2) is 6.42 Å². The first kappa shape index (κ1) is 20.5. The Labute approximate surface area is 150 Å². The van der Waals surface area contributed by atoms with Crippen LogP contribution in [0.3, 0.4) is 0 Å². The van der Waals surface area contributed by atoms with Gasteiger partial charge in [-0.05, 0) is 25.0 Å². The molecule has 1 rings (SSSR count). The van der Waals surface area contributed by atoms with Crippen molar-refractivity contribution in [2.75, 3.05) is 26.3 Å². The van der Waals surface area contributed by atoms with Crippen molar-refractivity contribution in [3.63, 3.8) is 0 Å². The summed E-state index contributed by atoms with van der Waals surface area (Å²) in [6.07, 6.45) is -1.09. The molecule has 1 aromatic rings. The van der Waals surface area contributed by atoms with Crippen LogP contribution in [0.5, 0.6) is 0 Å². The summed E-state index contributed by atoms with van der Waals surface area (Å²) in [5.74, 6) is 0.303. The first-order chi connectivity index (χ1) is 10.9. The number of benzene rings is 1. The molecule has 0 bridgehead atoms. The Morgan fingerprint density at radius 2 is 2.09 bits per heavy atom. The quantitative estimate of drug-likeness (QED) is 0.145. The molecule has 128 valence electrons. The fourth-order valence-electron chi connectivity index (χ4n) is 1.44. The highest BCUT2D eigenvalue weighted by molar-refractivity contribution is 8.20. The molecule has 0 radical (unpaired) electrons. The van der Waals surface area contributed by atoms with Crippen molar-refractivity contribution in [2.45, 2.75) is 6.92 Å². The predicted octanol–water partition coefficient (Wildman–Crippen LogP) is 3.23. The minimum Gasteiger partial charge on any atom is -0.337 e. The number of hydrogen-bond donors (Lipinski definition) is 1. The molecule has 0 spiro atoms. The van der Waals surface area contributed by atoms with Crippen molar-refractivity contribution in [3.05, 3.63) is 30.3 Å². The van der Waals surface area contributed by atoms with Crippen molar-refractivity contribution < 1.29 is 14.2 Å². The summed E-state index contributed by atoms with van der Waals surface area (Å²) >= 11 is 8.46. The van der Waals surface area contributed by atoms with Crippen LogP contribution >= 0.6 is 30.1 Å². The Kier molecular flexibility index (Phi) is 9.19. The molecule has 0 saturated carbocycles. The Morgan fingerprint density at radius 1 is 1.43 bits per heavy atom. The third kappa shape index (κ3) is 6.45. The molecule has 0 aromatic heterocycles. The predicted molar refractivity (Wildman–Crippen MR) is 104 cm³/mol. The van der Waals surface area contributed by atoms with E-state index in [1.165, 1.54) is 23.7 Å². The lowest BCUT2D eigenvalue weighted by Gasteiger charge is -2.29. The maximum Gasteiger partial charge on any atom is 0.434 e. The fraction of sp³-hybridized carbons (Fsp3) is 0.385. The van der Waals surface area contributed by atoms with Gasteiger partial charge in [0.2, 0.25) is 0 Å². The number of amides is 1. The lowest BCUT2D eigenvalue weighted by Crippen LogP contribution is -2.26. The highest BCUT2D eigenvalue weighted by Gasteiger charge is 2.25. The standard InChI is InChI=1S/C13H20N3O3PS3/c1-11(22-4)15-19-13(17)14-10-23-16(2)20(21,18-3)12-8-6-5-7-9-12/h5-9H,10H2,1-4H3,(H,14,17)/b15-11+. The molecule has 0 aliphatic heterocycles. The third-order valence-corrected chi connectivity index (χ3v) is 9.38. The molecule has 1 amide bonds. The zero-order valence-corrected chi connectivity index (χ0v) is 16.7. The number of nitrogens with zero attached hydrogens (tertiary/aromatic N) is 2. The molecule has 1 aromatic carbocycles. The van der Waals surface area contributed by atoms with Crippen molar-refractivity contribution in [1.29, 1.82) is 0 Å². The Hall–Kier alpha value is -0.570. The van der Waals surface area contributed by atoms with E-state index in [1.54, 1.807) is 14.0 Å². The van der Waals surface area contributed by atoms with Gasteiger partial charge in [0, 0.05) is 19.5 Å². The van der Waals surface area contributed by atoms with Gasteiger partial charge in [0.1, 0.15) is 5.04 Å². The second-order valence-electron chi connectivity index (χ2n) is 4.15. The van der Waals surface area contributed by atoms with E-state index >= 15 is 0 Å². The van der Waals surface area contributed by atoms with Crippen LogP contribution in [0.1, 0.15) is 6.92 Å². The average molecular weight is 393 g/mol. The third-order valence-electron chi connectivity index (χ3n) is 2.72. The van der Waals surface area contributed by atoms with Crippen LogP contribution in [0.2, 0.25) is 0 Å². The Morgan fingerprint density at radius 3 is 2.65 bits per heavy atom. The molecule has 0 aliphatic rings. The van der Waals surface area contributed by atoms with Crippen LogP contribution < -0.4 is 10.6 Å². The van der Waals surface area contributed by atoms with Gasteiger partial charge >= 0.3 is 6.09 Å². The Balaban J connectivity index is 2.54. The topological polar surface area (TPSA) is 63.2 Å². The normalized spacial score (nSPS) is 14.4. The van der Waals surface area contributed by atoms with E-state index in [1.807, 2.05) is 47.7 Å². The molecular weight excluding hydrogens is 373 g/mol. The molecular formula is C13H20N3O3PS3. The minimum atomic E-state index is -2.33. The number of thioether (sulfide) groups is 1. The molecule has 1 N–H and O–H groups in total. The highest BCUT2D eigenvalue weighted by atomic mass is 32.5. The maximum absolute atomic E-state index is 11.5. The number of rotatable bonds is 7. The largest absolute Gasteiger partial charge is 0.434 e. The zero-order valence-electron chi connectivity index (χ0n) is 13.4. The van der Waals surface area contributed by atoms with Crippen molar-refractivity contribution in [3.8, 4) is 0 Å². The van der Waals surface area contributed by atoms with Crippen LogP contribution in [0.25, 0.3) is 0 Å². The van der Waals surface area contributed by atoms with Gasteiger partial charge in [0.25, 0.3) is 0 Å². The second-order valence-corrected chi connectivity index (χ2v) is 10.5. The van der Waals surface area contributed by atoms with Crippen molar-refractivity contribution in [1.82, 2.24) is 9.39 Å². The lowest BCUT2D eigenvalue weighted by molar-refractivity contribution is 0.153. The number of oxime groups is 1. The van der Waals surface area contributed by atoms with E-state index in [2.05, 4.69) is 10.5 Å². The molecule has 0 saturated heterocycles. The van der Waals surface area contributed by atoms with Crippen LogP contribution in [0.15, 0.2) is 35.5 Å². The van der Waals surface area contributed by atoms with E-state index in [0.717, 1.165) is 5.30 Å². The van der Waals surface area contributed by atoms with Gasteiger partial charge in [0.05, 0.1) is 5.88 Å². The summed E-state index contributed by atoms with van der Waals surface area (Å²) in [4.78, 5) is 16.2. The van der Waals surface area contributed by atoms with Gasteiger partial charge in [-0.3, -0.25) is 4.84 Å². The zero-order chi connectivity index (χ0) is 17.3. The van der Waals surface area contributed by atoms with E-state index < -0.39 is 12.5 Å². The van der Waals surface area contributed by atoms with E-state index in [0.29, 0.717) is 10.9 Å². The molecule has 1 atom stereocenters. The molecule has 23 heavy (non-hydrogen) atoms. The number of carbonyl (C=O) groups excluding carboxylic acids is 1. The number of hydrogen-bond acceptors (Lipinski definition) is 7. The number of nitrogens with one attached hydrogen (secondary N) is 1. The average Bonchev–Trinajstić information content (AvgIpc) is 2.59. The summed E-state index contributed by atoms with van der Waals surface area (Å²) in [5, 5.41) is 7.88. The van der Waals surface area contributed by atoms with Gasteiger partial charge in [-0.25, -0.2) is 4.79 Å². The molecule has 1 unspecified atom stereocenters. The molecule has 0 fully saturated rings. The number of carbonyl (C=O) groups is 1. The summed E-state index contributed by atoms with van der Waals surface area (Å²) in [7, 11) is 3.46. The van der Waals surface area contributed by atoms with Crippen molar-refractivity contribution >= 4 is 58.4 Å². The van der Waals surface area contributed by atoms with Gasteiger partial charge in [-0.2, -0.15) is 4.08 Å².